The lowest BCUT2D eigenvalue weighted by Crippen LogP contribution is -2.08. The van der Waals surface area contributed by atoms with Crippen LogP contribution in [0.4, 0.5) is 0 Å². The number of ketones is 2. The number of rotatable bonds is 8. The average molecular weight is 402 g/mol. The molecular formula is C25H22O5. The Morgan fingerprint density at radius 3 is 1.97 bits per heavy atom. The molecule has 152 valence electrons. The van der Waals surface area contributed by atoms with E-state index in [4.69, 9.17) is 14.2 Å². The fourth-order valence-corrected chi connectivity index (χ4v) is 2.99. The summed E-state index contributed by atoms with van der Waals surface area (Å²) in [5.74, 6) is 0.896. The highest BCUT2D eigenvalue weighted by Gasteiger charge is 2.20. The third-order valence-electron chi connectivity index (χ3n) is 4.61. The quantitative estimate of drug-likeness (QED) is 0.399. The molecule has 5 nitrogen and oxygen atoms in total. The first-order valence-corrected chi connectivity index (χ1v) is 9.29. The van der Waals surface area contributed by atoms with Crippen LogP contribution in [0, 0.1) is 0 Å². The van der Waals surface area contributed by atoms with E-state index in [1.54, 1.807) is 43.5 Å². The van der Waals surface area contributed by atoms with Gasteiger partial charge >= 0.3 is 0 Å². The second kappa shape index (κ2) is 9.56. The van der Waals surface area contributed by atoms with Crippen molar-refractivity contribution in [1.82, 2.24) is 0 Å². The van der Waals surface area contributed by atoms with E-state index in [0.717, 1.165) is 11.3 Å². The van der Waals surface area contributed by atoms with Gasteiger partial charge in [-0.3, -0.25) is 9.59 Å². The van der Waals surface area contributed by atoms with Crippen molar-refractivity contribution in [1.29, 1.82) is 0 Å². The van der Waals surface area contributed by atoms with Crippen molar-refractivity contribution in [2.45, 2.75) is 0 Å². The molecule has 0 saturated heterocycles. The molecule has 3 aromatic carbocycles. The van der Waals surface area contributed by atoms with Crippen LogP contribution in [0.5, 0.6) is 17.2 Å². The zero-order valence-electron chi connectivity index (χ0n) is 17.0. The van der Waals surface area contributed by atoms with Gasteiger partial charge in [-0.1, -0.05) is 48.5 Å². The number of hydrogen-bond acceptors (Lipinski definition) is 5. The van der Waals surface area contributed by atoms with Crippen molar-refractivity contribution < 1.29 is 23.8 Å². The first-order chi connectivity index (χ1) is 14.6. The van der Waals surface area contributed by atoms with Crippen LogP contribution < -0.4 is 14.2 Å². The van der Waals surface area contributed by atoms with Gasteiger partial charge in [0.05, 0.1) is 32.5 Å². The molecule has 0 N–H and O–H groups in total. The summed E-state index contributed by atoms with van der Waals surface area (Å²) >= 11 is 0. The van der Waals surface area contributed by atoms with Crippen LogP contribution >= 0.6 is 0 Å². The third-order valence-corrected chi connectivity index (χ3v) is 4.61. The van der Waals surface area contributed by atoms with E-state index in [2.05, 4.69) is 0 Å². The monoisotopic (exact) mass is 402 g/mol. The molecular weight excluding hydrogens is 380 g/mol. The van der Waals surface area contributed by atoms with Gasteiger partial charge in [0.2, 0.25) is 0 Å². The lowest BCUT2D eigenvalue weighted by Gasteiger charge is -2.13. The Hall–Kier alpha value is -3.86. The number of allylic oxidation sites excluding steroid dienone is 1. The molecule has 0 radical (unpaired) electrons. The fourth-order valence-electron chi connectivity index (χ4n) is 2.99. The number of carbonyl (C=O) groups is 2. The van der Waals surface area contributed by atoms with Crippen molar-refractivity contribution in [3.05, 3.63) is 95.1 Å². The summed E-state index contributed by atoms with van der Waals surface area (Å²) in [5, 5.41) is 0. The molecule has 3 aromatic rings. The van der Waals surface area contributed by atoms with E-state index in [-0.39, 0.29) is 17.1 Å². The van der Waals surface area contributed by atoms with Crippen molar-refractivity contribution in [3.8, 4) is 17.2 Å². The van der Waals surface area contributed by atoms with Gasteiger partial charge < -0.3 is 14.2 Å². The third kappa shape index (κ3) is 4.58. The predicted octanol–water partition coefficient (Wildman–Crippen LogP) is 4.84. The lowest BCUT2D eigenvalue weighted by molar-refractivity contribution is 0.103. The average Bonchev–Trinajstić information content (AvgIpc) is 2.82. The maximum absolute atomic E-state index is 13.0. The molecule has 0 spiro atoms. The van der Waals surface area contributed by atoms with E-state index in [0.29, 0.717) is 22.6 Å². The van der Waals surface area contributed by atoms with Crippen LogP contribution in [0.15, 0.2) is 72.8 Å². The lowest BCUT2D eigenvalue weighted by atomic mass is 9.97. The van der Waals surface area contributed by atoms with E-state index in [9.17, 15) is 9.59 Å². The molecule has 0 fully saturated rings. The summed E-state index contributed by atoms with van der Waals surface area (Å²) in [6.45, 7) is 0. The zero-order chi connectivity index (χ0) is 21.5. The van der Waals surface area contributed by atoms with Gasteiger partial charge in [0.25, 0.3) is 0 Å². The van der Waals surface area contributed by atoms with Gasteiger partial charge in [-0.25, -0.2) is 0 Å². The van der Waals surface area contributed by atoms with Gasteiger partial charge in [-0.2, -0.15) is 0 Å². The largest absolute Gasteiger partial charge is 0.497 e. The van der Waals surface area contributed by atoms with Crippen molar-refractivity contribution in [2.75, 3.05) is 21.3 Å². The molecule has 0 aliphatic rings. The van der Waals surface area contributed by atoms with Crippen LogP contribution in [0.3, 0.4) is 0 Å². The van der Waals surface area contributed by atoms with Crippen LogP contribution in [0.1, 0.15) is 31.8 Å². The smallest absolute Gasteiger partial charge is 0.196 e. The number of benzene rings is 3. The second-order valence-corrected chi connectivity index (χ2v) is 6.42. The summed E-state index contributed by atoms with van der Waals surface area (Å²) in [5.41, 5.74) is 1.93. The van der Waals surface area contributed by atoms with Gasteiger partial charge in [0, 0.05) is 11.6 Å². The SMILES string of the molecule is COc1ccc(C=CC(=O)c2cc(C(=O)c3ccccc3)c(OC)cc2OC)cc1. The number of methoxy groups -OCH3 is 3. The van der Waals surface area contributed by atoms with Crippen molar-refractivity contribution in [3.63, 3.8) is 0 Å². The standard InChI is InChI=1S/C25H22O5/c1-28-19-12-9-17(10-13-19)11-14-22(26)20-15-21(24(30-3)16-23(20)29-2)25(27)18-7-5-4-6-8-18/h4-16H,1-3H3. The molecule has 0 unspecified atom stereocenters. The number of ether oxygens (including phenoxy) is 3. The number of hydrogen-bond donors (Lipinski definition) is 0. The minimum Gasteiger partial charge on any atom is -0.497 e. The zero-order valence-corrected chi connectivity index (χ0v) is 17.0. The molecule has 0 atom stereocenters. The van der Waals surface area contributed by atoms with E-state index < -0.39 is 0 Å². The maximum Gasteiger partial charge on any atom is 0.196 e. The second-order valence-electron chi connectivity index (χ2n) is 6.42. The van der Waals surface area contributed by atoms with E-state index >= 15 is 0 Å². The Morgan fingerprint density at radius 2 is 1.37 bits per heavy atom. The first kappa shape index (κ1) is 20.9. The number of carbonyl (C=O) groups excluding carboxylic acids is 2. The highest BCUT2D eigenvalue weighted by Crippen LogP contribution is 2.31. The molecule has 3 rings (SSSR count). The van der Waals surface area contributed by atoms with Gasteiger partial charge in [0.15, 0.2) is 11.6 Å². The maximum atomic E-state index is 13.0. The van der Waals surface area contributed by atoms with E-state index in [1.165, 1.54) is 26.4 Å². The molecule has 30 heavy (non-hydrogen) atoms. The topological polar surface area (TPSA) is 61.8 Å². The Labute approximate surface area is 175 Å². The van der Waals surface area contributed by atoms with Crippen LogP contribution in [-0.2, 0) is 0 Å². The summed E-state index contributed by atoms with van der Waals surface area (Å²) in [7, 11) is 4.54. The molecule has 0 saturated carbocycles. The molecule has 0 aliphatic heterocycles. The molecule has 0 aromatic heterocycles. The minimum atomic E-state index is -0.285. The Bertz CT molecular complexity index is 1070. The summed E-state index contributed by atoms with van der Waals surface area (Å²) in [6, 6.07) is 19.2. The molecule has 0 aliphatic carbocycles. The minimum absolute atomic E-state index is 0.233. The summed E-state index contributed by atoms with van der Waals surface area (Å²) in [6.07, 6.45) is 3.15. The van der Waals surface area contributed by atoms with Crippen LogP contribution in [-0.4, -0.2) is 32.9 Å². The van der Waals surface area contributed by atoms with Gasteiger partial charge in [0.1, 0.15) is 17.2 Å². The molecule has 0 heterocycles. The predicted molar refractivity (Wildman–Crippen MR) is 116 cm³/mol. The normalized spacial score (nSPS) is 10.6. The van der Waals surface area contributed by atoms with Crippen LogP contribution in [0.2, 0.25) is 0 Å². The highest BCUT2D eigenvalue weighted by atomic mass is 16.5. The Morgan fingerprint density at radius 1 is 0.733 bits per heavy atom. The summed E-state index contributed by atoms with van der Waals surface area (Å²) < 4.78 is 15.9. The highest BCUT2D eigenvalue weighted by molar-refractivity contribution is 6.14. The Kier molecular flexibility index (Phi) is 6.65. The van der Waals surface area contributed by atoms with Crippen molar-refractivity contribution in [2.24, 2.45) is 0 Å². The Balaban J connectivity index is 1.97. The fraction of sp³-hybridized carbons (Fsp3) is 0.120. The van der Waals surface area contributed by atoms with Gasteiger partial charge in [-0.05, 0) is 29.8 Å². The van der Waals surface area contributed by atoms with Crippen LogP contribution in [0.25, 0.3) is 6.08 Å². The van der Waals surface area contributed by atoms with E-state index in [1.807, 2.05) is 30.3 Å². The molecule has 0 amide bonds. The molecule has 0 bridgehead atoms. The molecule has 5 heteroatoms. The first-order valence-electron chi connectivity index (χ1n) is 9.29. The van der Waals surface area contributed by atoms with Gasteiger partial charge in [-0.15, -0.1) is 0 Å². The summed E-state index contributed by atoms with van der Waals surface area (Å²) in [4.78, 5) is 25.9. The van der Waals surface area contributed by atoms with Crippen molar-refractivity contribution >= 4 is 17.6 Å².